The average Bonchev–Trinajstić information content (AvgIpc) is 1.82. The lowest BCUT2D eigenvalue weighted by molar-refractivity contribution is -0.0699. The summed E-state index contributed by atoms with van der Waals surface area (Å²) in [4.78, 5) is 0. The predicted octanol–water partition coefficient (Wildman–Crippen LogP) is 1.93. The Morgan fingerprint density at radius 3 is 1.83 bits per heavy atom. The molecular formula is C8H12F3N. The van der Waals surface area contributed by atoms with Crippen molar-refractivity contribution < 1.29 is 13.2 Å². The van der Waals surface area contributed by atoms with Gasteiger partial charge in [-0.25, -0.2) is 0 Å². The molecule has 0 spiro atoms. The molecule has 1 nitrogen and oxygen atoms in total. The molecule has 0 aliphatic heterocycles. The lowest BCUT2D eigenvalue weighted by Gasteiger charge is -2.22. The highest BCUT2D eigenvalue weighted by molar-refractivity contribution is 5.18. The molecule has 2 N–H and O–H groups in total. The predicted molar refractivity (Wildman–Crippen MR) is 41.3 cm³/mol. The van der Waals surface area contributed by atoms with Gasteiger partial charge in [-0.15, -0.1) is 0 Å². The molecule has 0 rings (SSSR count). The van der Waals surface area contributed by atoms with E-state index >= 15 is 0 Å². The summed E-state index contributed by atoms with van der Waals surface area (Å²) in [5, 5.41) is 0. The monoisotopic (exact) mass is 179 g/mol. The van der Waals surface area contributed by atoms with E-state index in [0.717, 1.165) is 0 Å². The van der Waals surface area contributed by atoms with Crippen LogP contribution in [0.2, 0.25) is 0 Å². The van der Waals surface area contributed by atoms with Crippen LogP contribution in [0.15, 0.2) is 0 Å². The first kappa shape index (κ1) is 11.3. The second-order valence-electron chi connectivity index (χ2n) is 3.19. The molecule has 0 aliphatic carbocycles. The molecule has 0 aromatic rings. The van der Waals surface area contributed by atoms with E-state index in [9.17, 15) is 13.2 Å². The first-order valence-electron chi connectivity index (χ1n) is 3.55. The van der Waals surface area contributed by atoms with Crippen molar-refractivity contribution in [2.24, 2.45) is 11.7 Å². The third-order valence-electron chi connectivity index (χ3n) is 1.67. The van der Waals surface area contributed by atoms with Crippen LogP contribution in [0.25, 0.3) is 0 Å². The summed E-state index contributed by atoms with van der Waals surface area (Å²) < 4.78 is 34.9. The van der Waals surface area contributed by atoms with Crippen molar-refractivity contribution in [3.63, 3.8) is 0 Å². The first-order chi connectivity index (χ1) is 5.15. The van der Waals surface area contributed by atoms with Gasteiger partial charge in [0, 0.05) is 5.92 Å². The van der Waals surface area contributed by atoms with E-state index in [1.807, 2.05) is 5.92 Å². The van der Waals surface area contributed by atoms with Crippen LogP contribution < -0.4 is 5.73 Å². The van der Waals surface area contributed by atoms with E-state index in [2.05, 4.69) is 0 Å². The van der Waals surface area contributed by atoms with Crippen LogP contribution in [0.5, 0.6) is 0 Å². The van der Waals surface area contributed by atoms with Crippen LogP contribution in [0.4, 0.5) is 13.2 Å². The molecule has 4 heteroatoms. The number of hydrogen-bond acceptors (Lipinski definition) is 1. The Kier molecular flexibility index (Phi) is 3.17. The summed E-state index contributed by atoms with van der Waals surface area (Å²) in [6.45, 7) is 4.94. The Labute approximate surface area is 70.1 Å². The fraction of sp³-hybridized carbons (Fsp3) is 0.750. The average molecular weight is 179 g/mol. The molecule has 0 bridgehead atoms. The summed E-state index contributed by atoms with van der Waals surface area (Å²) in [6, 6.07) is 0. The minimum absolute atomic E-state index is 0.104. The topological polar surface area (TPSA) is 26.0 Å². The van der Waals surface area contributed by atoms with E-state index in [1.165, 1.54) is 12.8 Å². The Morgan fingerprint density at radius 1 is 1.17 bits per heavy atom. The zero-order valence-corrected chi connectivity index (χ0v) is 7.29. The SMILES string of the molecule is CC(C)[C@](C)(N)C#CC(F)(F)F. The standard InChI is InChI=1S/C8H12F3N/c1-6(2)7(3,12)4-5-8(9,10)11/h6H,12H2,1-3H3/t7-/m1/s1. The van der Waals surface area contributed by atoms with Crippen molar-refractivity contribution in [3.05, 3.63) is 0 Å². The largest absolute Gasteiger partial charge is 0.457 e. The zero-order chi connectivity index (χ0) is 9.99. The van der Waals surface area contributed by atoms with Gasteiger partial charge in [-0.05, 0) is 12.8 Å². The van der Waals surface area contributed by atoms with Gasteiger partial charge in [-0.3, -0.25) is 0 Å². The molecule has 0 aromatic heterocycles. The Balaban J connectivity index is 4.50. The maximum Gasteiger partial charge on any atom is 0.457 e. The van der Waals surface area contributed by atoms with Gasteiger partial charge in [-0.2, -0.15) is 13.2 Å². The van der Waals surface area contributed by atoms with Crippen LogP contribution in [-0.2, 0) is 0 Å². The van der Waals surface area contributed by atoms with E-state index in [0.29, 0.717) is 0 Å². The van der Waals surface area contributed by atoms with Gasteiger partial charge in [0.15, 0.2) is 0 Å². The summed E-state index contributed by atoms with van der Waals surface area (Å²) >= 11 is 0. The fourth-order valence-electron chi connectivity index (χ4n) is 0.350. The number of rotatable bonds is 1. The molecule has 0 radical (unpaired) electrons. The third kappa shape index (κ3) is 4.24. The quantitative estimate of drug-likeness (QED) is 0.611. The number of halogens is 3. The molecule has 0 unspecified atom stereocenters. The smallest absolute Gasteiger partial charge is 0.315 e. The summed E-state index contributed by atoms with van der Waals surface area (Å²) in [7, 11) is 0. The molecule has 70 valence electrons. The molecule has 1 atom stereocenters. The third-order valence-corrected chi connectivity index (χ3v) is 1.67. The Bertz CT molecular complexity index is 205. The minimum Gasteiger partial charge on any atom is -0.315 e. The Hall–Kier alpha value is -0.690. The molecule has 0 heterocycles. The first-order valence-corrected chi connectivity index (χ1v) is 3.55. The molecule has 0 aromatic carbocycles. The van der Waals surface area contributed by atoms with E-state index in [1.54, 1.807) is 13.8 Å². The van der Waals surface area contributed by atoms with Crippen molar-refractivity contribution in [1.29, 1.82) is 0 Å². The van der Waals surface area contributed by atoms with Gasteiger partial charge in [0.05, 0.1) is 5.54 Å². The zero-order valence-electron chi connectivity index (χ0n) is 7.29. The number of nitrogens with two attached hydrogens (primary N) is 1. The van der Waals surface area contributed by atoms with Gasteiger partial charge in [-0.1, -0.05) is 19.8 Å². The summed E-state index contributed by atoms with van der Waals surface area (Å²) in [5.74, 6) is 3.07. The Morgan fingerprint density at radius 2 is 1.58 bits per heavy atom. The molecule has 0 saturated carbocycles. The van der Waals surface area contributed by atoms with E-state index in [-0.39, 0.29) is 5.92 Å². The maximum absolute atomic E-state index is 11.6. The number of alkyl halides is 3. The van der Waals surface area contributed by atoms with Crippen molar-refractivity contribution >= 4 is 0 Å². The normalized spacial score (nSPS) is 16.7. The minimum atomic E-state index is -4.45. The van der Waals surface area contributed by atoms with Gasteiger partial charge in [0.2, 0.25) is 0 Å². The van der Waals surface area contributed by atoms with Crippen LogP contribution in [0.1, 0.15) is 20.8 Å². The van der Waals surface area contributed by atoms with Gasteiger partial charge >= 0.3 is 6.18 Å². The number of hydrogen-bond donors (Lipinski definition) is 1. The van der Waals surface area contributed by atoms with Crippen molar-refractivity contribution in [2.75, 3.05) is 0 Å². The highest BCUT2D eigenvalue weighted by Crippen LogP contribution is 2.15. The van der Waals surface area contributed by atoms with Gasteiger partial charge in [0.1, 0.15) is 0 Å². The molecule has 0 saturated heterocycles. The molecular weight excluding hydrogens is 167 g/mol. The van der Waals surface area contributed by atoms with Gasteiger partial charge < -0.3 is 5.73 Å². The highest BCUT2D eigenvalue weighted by atomic mass is 19.4. The second kappa shape index (κ2) is 3.36. The van der Waals surface area contributed by atoms with Crippen LogP contribution >= 0.6 is 0 Å². The lowest BCUT2D eigenvalue weighted by Crippen LogP contribution is -2.40. The van der Waals surface area contributed by atoms with E-state index < -0.39 is 11.7 Å². The van der Waals surface area contributed by atoms with Crippen molar-refractivity contribution in [2.45, 2.75) is 32.5 Å². The lowest BCUT2D eigenvalue weighted by atomic mass is 9.90. The van der Waals surface area contributed by atoms with Crippen LogP contribution in [-0.4, -0.2) is 11.7 Å². The fourth-order valence-corrected chi connectivity index (χ4v) is 0.350. The highest BCUT2D eigenvalue weighted by Gasteiger charge is 2.26. The van der Waals surface area contributed by atoms with Crippen LogP contribution in [0, 0.1) is 17.8 Å². The molecule has 0 aliphatic rings. The maximum atomic E-state index is 11.6. The summed E-state index contributed by atoms with van der Waals surface area (Å²) in [6.07, 6.45) is -4.45. The summed E-state index contributed by atoms with van der Waals surface area (Å²) in [5.41, 5.74) is 4.42. The molecule has 12 heavy (non-hydrogen) atoms. The van der Waals surface area contributed by atoms with Crippen molar-refractivity contribution in [3.8, 4) is 11.8 Å². The van der Waals surface area contributed by atoms with Crippen molar-refractivity contribution in [1.82, 2.24) is 0 Å². The van der Waals surface area contributed by atoms with E-state index in [4.69, 9.17) is 5.73 Å². The van der Waals surface area contributed by atoms with Crippen LogP contribution in [0.3, 0.4) is 0 Å². The molecule has 0 amide bonds. The van der Waals surface area contributed by atoms with Gasteiger partial charge in [0.25, 0.3) is 0 Å². The second-order valence-corrected chi connectivity index (χ2v) is 3.19. The molecule has 0 fully saturated rings.